The van der Waals surface area contributed by atoms with Crippen LogP contribution in [0.5, 0.6) is 0 Å². The van der Waals surface area contributed by atoms with Gasteiger partial charge in [-0.25, -0.2) is 4.98 Å². The van der Waals surface area contributed by atoms with Gasteiger partial charge >= 0.3 is 0 Å². The first kappa shape index (κ1) is 11.4. The average Bonchev–Trinajstić information content (AvgIpc) is 2.25. The molecular formula is C12H10BrClN2. The fraction of sp³-hybridized carbons (Fsp3) is 0.0833. The van der Waals surface area contributed by atoms with Crippen LogP contribution in [0.4, 0.5) is 11.5 Å². The highest BCUT2D eigenvalue weighted by Crippen LogP contribution is 2.26. The molecule has 0 atom stereocenters. The summed E-state index contributed by atoms with van der Waals surface area (Å²) in [6.45, 7) is 2.00. The molecule has 0 amide bonds. The van der Waals surface area contributed by atoms with Crippen LogP contribution in [0, 0.1) is 6.92 Å². The van der Waals surface area contributed by atoms with Crippen LogP contribution < -0.4 is 5.32 Å². The summed E-state index contributed by atoms with van der Waals surface area (Å²) in [7, 11) is 0. The Morgan fingerprint density at radius 2 is 2.06 bits per heavy atom. The van der Waals surface area contributed by atoms with Crippen molar-refractivity contribution in [1.82, 2.24) is 4.98 Å². The third-order valence-electron chi connectivity index (χ3n) is 2.17. The molecule has 2 rings (SSSR count). The molecule has 1 aromatic heterocycles. The smallest absolute Gasteiger partial charge is 0.133 e. The van der Waals surface area contributed by atoms with E-state index in [1.54, 1.807) is 6.20 Å². The molecule has 82 valence electrons. The van der Waals surface area contributed by atoms with Crippen molar-refractivity contribution in [2.75, 3.05) is 5.32 Å². The third kappa shape index (κ3) is 2.54. The van der Waals surface area contributed by atoms with Crippen molar-refractivity contribution in [1.29, 1.82) is 0 Å². The predicted octanol–water partition coefficient (Wildman–Crippen LogP) is 4.55. The van der Waals surface area contributed by atoms with Gasteiger partial charge < -0.3 is 5.32 Å². The lowest BCUT2D eigenvalue weighted by Crippen LogP contribution is -1.96. The number of hydrogen-bond donors (Lipinski definition) is 1. The molecule has 0 aliphatic carbocycles. The first-order chi connectivity index (χ1) is 7.66. The Kier molecular flexibility index (Phi) is 3.46. The number of nitrogens with one attached hydrogen (secondary N) is 1. The van der Waals surface area contributed by atoms with Crippen molar-refractivity contribution in [2.24, 2.45) is 0 Å². The Morgan fingerprint density at radius 3 is 2.75 bits per heavy atom. The molecular weight excluding hydrogens is 288 g/mol. The van der Waals surface area contributed by atoms with Crippen LogP contribution in [0.15, 0.2) is 41.0 Å². The van der Waals surface area contributed by atoms with Crippen LogP contribution in [0.2, 0.25) is 5.02 Å². The van der Waals surface area contributed by atoms with Gasteiger partial charge in [0.1, 0.15) is 5.82 Å². The van der Waals surface area contributed by atoms with Gasteiger partial charge in [-0.3, -0.25) is 0 Å². The summed E-state index contributed by atoms with van der Waals surface area (Å²) in [4.78, 5) is 4.30. The first-order valence-corrected chi connectivity index (χ1v) is 5.97. The Hall–Kier alpha value is -1.06. The highest BCUT2D eigenvalue weighted by atomic mass is 79.9. The van der Waals surface area contributed by atoms with Crippen LogP contribution in [0.25, 0.3) is 0 Å². The largest absolute Gasteiger partial charge is 0.339 e. The number of hydrogen-bond acceptors (Lipinski definition) is 2. The van der Waals surface area contributed by atoms with E-state index in [-0.39, 0.29) is 0 Å². The Balaban J connectivity index is 2.31. The number of anilines is 2. The number of para-hydroxylation sites is 1. The van der Waals surface area contributed by atoms with E-state index in [1.807, 2.05) is 37.3 Å². The zero-order chi connectivity index (χ0) is 11.5. The van der Waals surface area contributed by atoms with Gasteiger partial charge in [-0.05, 0) is 46.6 Å². The number of aromatic nitrogens is 1. The van der Waals surface area contributed by atoms with Crippen LogP contribution >= 0.6 is 27.5 Å². The summed E-state index contributed by atoms with van der Waals surface area (Å²) in [6.07, 6.45) is 1.76. The Labute approximate surface area is 108 Å². The minimum absolute atomic E-state index is 0.687. The maximum absolute atomic E-state index is 6.06. The molecule has 2 nitrogen and oxygen atoms in total. The van der Waals surface area contributed by atoms with Gasteiger partial charge in [0.2, 0.25) is 0 Å². The summed E-state index contributed by atoms with van der Waals surface area (Å²) in [5, 5.41) is 3.89. The molecule has 1 aromatic carbocycles. The molecule has 0 radical (unpaired) electrons. The molecule has 0 aliphatic rings. The Bertz CT molecular complexity index is 514. The van der Waals surface area contributed by atoms with E-state index >= 15 is 0 Å². The van der Waals surface area contributed by atoms with E-state index in [4.69, 9.17) is 11.6 Å². The van der Waals surface area contributed by atoms with Crippen molar-refractivity contribution in [3.05, 3.63) is 51.6 Å². The SMILES string of the molecule is Cc1cc(Br)cnc1Nc1ccccc1Cl. The number of rotatable bonds is 2. The fourth-order valence-corrected chi connectivity index (χ4v) is 1.99. The first-order valence-electron chi connectivity index (χ1n) is 4.80. The van der Waals surface area contributed by atoms with Crippen LogP contribution in [0.1, 0.15) is 5.56 Å². The van der Waals surface area contributed by atoms with Gasteiger partial charge in [0.25, 0.3) is 0 Å². The lowest BCUT2D eigenvalue weighted by atomic mass is 10.2. The second-order valence-corrected chi connectivity index (χ2v) is 4.75. The molecule has 0 saturated heterocycles. The van der Waals surface area contributed by atoms with Crippen molar-refractivity contribution in [2.45, 2.75) is 6.92 Å². The lowest BCUT2D eigenvalue weighted by molar-refractivity contribution is 1.24. The predicted molar refractivity (Wildman–Crippen MR) is 71.4 cm³/mol. The number of nitrogens with zero attached hydrogens (tertiary/aromatic N) is 1. The monoisotopic (exact) mass is 296 g/mol. The molecule has 16 heavy (non-hydrogen) atoms. The third-order valence-corrected chi connectivity index (χ3v) is 2.94. The Morgan fingerprint density at radius 1 is 1.31 bits per heavy atom. The van der Waals surface area contributed by atoms with Gasteiger partial charge in [0.15, 0.2) is 0 Å². The van der Waals surface area contributed by atoms with Crippen LogP contribution in [0.3, 0.4) is 0 Å². The van der Waals surface area contributed by atoms with E-state index in [1.165, 1.54) is 0 Å². The molecule has 1 N–H and O–H groups in total. The molecule has 0 aliphatic heterocycles. The molecule has 0 spiro atoms. The van der Waals surface area contributed by atoms with E-state index in [0.29, 0.717) is 5.02 Å². The molecule has 0 unspecified atom stereocenters. The second-order valence-electron chi connectivity index (χ2n) is 3.42. The van der Waals surface area contributed by atoms with Gasteiger partial charge in [0, 0.05) is 10.7 Å². The number of pyridine rings is 1. The fourth-order valence-electron chi connectivity index (χ4n) is 1.36. The average molecular weight is 298 g/mol. The van der Waals surface area contributed by atoms with Crippen molar-refractivity contribution in [3.8, 4) is 0 Å². The van der Waals surface area contributed by atoms with Gasteiger partial charge in [-0.2, -0.15) is 0 Å². The summed E-state index contributed by atoms with van der Waals surface area (Å²) in [6, 6.07) is 9.60. The second kappa shape index (κ2) is 4.85. The topological polar surface area (TPSA) is 24.9 Å². The number of halogens is 2. The summed E-state index contributed by atoms with van der Waals surface area (Å²) in [5.41, 5.74) is 1.93. The van der Waals surface area contributed by atoms with Crippen molar-refractivity contribution >= 4 is 39.0 Å². The van der Waals surface area contributed by atoms with Gasteiger partial charge in [0.05, 0.1) is 10.7 Å². The maximum atomic E-state index is 6.06. The molecule has 0 saturated carbocycles. The summed E-state index contributed by atoms with van der Waals surface area (Å²) >= 11 is 9.44. The number of aryl methyl sites for hydroxylation is 1. The minimum Gasteiger partial charge on any atom is -0.339 e. The number of benzene rings is 1. The molecule has 0 bridgehead atoms. The highest BCUT2D eigenvalue weighted by molar-refractivity contribution is 9.10. The van der Waals surface area contributed by atoms with Gasteiger partial charge in [-0.1, -0.05) is 23.7 Å². The normalized spacial score (nSPS) is 10.2. The molecule has 0 fully saturated rings. The quantitative estimate of drug-likeness (QED) is 0.879. The standard InChI is InChI=1S/C12H10BrClN2/c1-8-6-9(13)7-15-12(8)16-11-5-3-2-4-10(11)14/h2-7H,1H3,(H,15,16). The van der Waals surface area contributed by atoms with Crippen LogP contribution in [-0.2, 0) is 0 Å². The van der Waals surface area contributed by atoms with E-state index < -0.39 is 0 Å². The zero-order valence-electron chi connectivity index (χ0n) is 8.67. The zero-order valence-corrected chi connectivity index (χ0v) is 11.0. The maximum Gasteiger partial charge on any atom is 0.133 e. The minimum atomic E-state index is 0.687. The lowest BCUT2D eigenvalue weighted by Gasteiger charge is -2.09. The molecule has 4 heteroatoms. The van der Waals surface area contributed by atoms with E-state index in [2.05, 4.69) is 26.2 Å². The van der Waals surface area contributed by atoms with Crippen LogP contribution in [-0.4, -0.2) is 4.98 Å². The molecule has 2 aromatic rings. The van der Waals surface area contributed by atoms with E-state index in [9.17, 15) is 0 Å². The highest BCUT2D eigenvalue weighted by Gasteiger charge is 2.03. The molecule has 1 heterocycles. The van der Waals surface area contributed by atoms with E-state index in [0.717, 1.165) is 21.5 Å². The van der Waals surface area contributed by atoms with Crippen molar-refractivity contribution in [3.63, 3.8) is 0 Å². The summed E-state index contributed by atoms with van der Waals surface area (Å²) < 4.78 is 0.967. The van der Waals surface area contributed by atoms with Crippen molar-refractivity contribution < 1.29 is 0 Å². The van der Waals surface area contributed by atoms with Gasteiger partial charge in [-0.15, -0.1) is 0 Å². The summed E-state index contributed by atoms with van der Waals surface area (Å²) in [5.74, 6) is 0.816.